The number of nitrogens with one attached hydrogen (secondary N) is 1. The largest absolute Gasteiger partial charge is 0.466 e. The van der Waals surface area contributed by atoms with E-state index in [4.69, 9.17) is 4.42 Å². The Hall–Kier alpha value is -0.580. The van der Waals surface area contributed by atoms with Crippen molar-refractivity contribution in [1.82, 2.24) is 5.32 Å². The summed E-state index contributed by atoms with van der Waals surface area (Å²) in [4.78, 5) is 1.34. The molecule has 0 saturated heterocycles. The number of halogens is 1. The number of rotatable bonds is 4. The molecule has 2 nitrogen and oxygen atoms in total. The van der Waals surface area contributed by atoms with Crippen LogP contribution in [0.15, 0.2) is 38.7 Å². The quantitative estimate of drug-likeness (QED) is 0.920. The van der Waals surface area contributed by atoms with Gasteiger partial charge in [0.1, 0.15) is 5.76 Å². The molecule has 0 spiro atoms. The maximum atomic E-state index is 5.39. The molecule has 80 valence electrons. The highest BCUT2D eigenvalue weighted by atomic mass is 79.9. The molecule has 0 aromatic carbocycles. The minimum absolute atomic E-state index is 0.219. The standard InChI is InChI=1S/C11H12BrNOS/c1-8(11-10(12)4-5-14-11)13-7-9-3-2-6-15-9/h2-6,8,13H,7H2,1H3. The van der Waals surface area contributed by atoms with Gasteiger partial charge in [-0.2, -0.15) is 0 Å². The lowest BCUT2D eigenvalue weighted by molar-refractivity contribution is 0.429. The van der Waals surface area contributed by atoms with Crippen LogP contribution in [0.2, 0.25) is 0 Å². The molecule has 2 heterocycles. The van der Waals surface area contributed by atoms with Gasteiger partial charge in [0.05, 0.1) is 16.8 Å². The topological polar surface area (TPSA) is 25.2 Å². The molecule has 0 radical (unpaired) electrons. The van der Waals surface area contributed by atoms with Crippen LogP contribution >= 0.6 is 27.3 Å². The minimum Gasteiger partial charge on any atom is -0.466 e. The predicted molar refractivity (Wildman–Crippen MR) is 66.0 cm³/mol. The van der Waals surface area contributed by atoms with Gasteiger partial charge in [-0.05, 0) is 40.4 Å². The number of thiophene rings is 1. The van der Waals surface area contributed by atoms with E-state index >= 15 is 0 Å². The zero-order valence-corrected chi connectivity index (χ0v) is 10.8. The molecule has 0 fully saturated rings. The van der Waals surface area contributed by atoms with Gasteiger partial charge in [-0.15, -0.1) is 11.3 Å². The van der Waals surface area contributed by atoms with E-state index < -0.39 is 0 Å². The molecule has 1 atom stereocenters. The number of hydrogen-bond donors (Lipinski definition) is 1. The lowest BCUT2D eigenvalue weighted by Crippen LogP contribution is -2.17. The Morgan fingerprint density at radius 2 is 2.40 bits per heavy atom. The number of hydrogen-bond acceptors (Lipinski definition) is 3. The first-order valence-corrected chi connectivity index (χ1v) is 6.43. The second kappa shape index (κ2) is 4.96. The fraction of sp³-hybridized carbons (Fsp3) is 0.273. The van der Waals surface area contributed by atoms with E-state index in [1.165, 1.54) is 4.88 Å². The maximum absolute atomic E-state index is 5.39. The molecule has 0 aliphatic carbocycles. The molecule has 0 amide bonds. The fourth-order valence-corrected chi connectivity index (χ4v) is 2.57. The van der Waals surface area contributed by atoms with E-state index in [9.17, 15) is 0 Å². The summed E-state index contributed by atoms with van der Waals surface area (Å²) in [5.74, 6) is 0.951. The van der Waals surface area contributed by atoms with Crippen LogP contribution in [-0.4, -0.2) is 0 Å². The SMILES string of the molecule is CC(NCc1cccs1)c1occc1Br. The van der Waals surface area contributed by atoms with Crippen LogP contribution in [0.4, 0.5) is 0 Å². The molecular weight excluding hydrogens is 274 g/mol. The molecule has 4 heteroatoms. The average molecular weight is 286 g/mol. The van der Waals surface area contributed by atoms with E-state index in [2.05, 4.69) is 45.7 Å². The predicted octanol–water partition coefficient (Wildman–Crippen LogP) is 3.95. The molecular formula is C11H12BrNOS. The van der Waals surface area contributed by atoms with Crippen LogP contribution in [0.25, 0.3) is 0 Å². The normalized spacial score (nSPS) is 12.9. The lowest BCUT2D eigenvalue weighted by Gasteiger charge is -2.10. The van der Waals surface area contributed by atoms with Crippen LogP contribution in [-0.2, 0) is 6.54 Å². The van der Waals surface area contributed by atoms with Crippen molar-refractivity contribution in [3.05, 3.63) is 45.0 Å². The summed E-state index contributed by atoms with van der Waals surface area (Å²) in [6, 6.07) is 6.33. The molecule has 0 saturated carbocycles. The second-order valence-corrected chi connectivity index (χ2v) is 5.20. The highest BCUT2D eigenvalue weighted by Gasteiger charge is 2.11. The van der Waals surface area contributed by atoms with Crippen LogP contribution in [0.3, 0.4) is 0 Å². The fourth-order valence-electron chi connectivity index (χ4n) is 1.37. The lowest BCUT2D eigenvalue weighted by atomic mass is 10.2. The smallest absolute Gasteiger partial charge is 0.134 e. The van der Waals surface area contributed by atoms with Gasteiger partial charge >= 0.3 is 0 Å². The summed E-state index contributed by atoms with van der Waals surface area (Å²) in [6.45, 7) is 2.98. The molecule has 0 aliphatic rings. The number of furan rings is 1. The first-order chi connectivity index (χ1) is 7.27. The van der Waals surface area contributed by atoms with E-state index in [1.54, 1.807) is 17.6 Å². The molecule has 15 heavy (non-hydrogen) atoms. The van der Waals surface area contributed by atoms with E-state index in [-0.39, 0.29) is 6.04 Å². The van der Waals surface area contributed by atoms with Gasteiger partial charge in [0.25, 0.3) is 0 Å². The van der Waals surface area contributed by atoms with Crippen LogP contribution in [0.5, 0.6) is 0 Å². The van der Waals surface area contributed by atoms with Gasteiger partial charge in [0.15, 0.2) is 0 Å². The van der Waals surface area contributed by atoms with Crippen molar-refractivity contribution in [2.45, 2.75) is 19.5 Å². The van der Waals surface area contributed by atoms with E-state index in [1.807, 2.05) is 6.07 Å². The highest BCUT2D eigenvalue weighted by Crippen LogP contribution is 2.24. The zero-order chi connectivity index (χ0) is 10.7. The van der Waals surface area contributed by atoms with E-state index in [0.29, 0.717) is 0 Å². The van der Waals surface area contributed by atoms with Crippen LogP contribution < -0.4 is 5.32 Å². The Labute approximate surface area is 101 Å². The van der Waals surface area contributed by atoms with Crippen molar-refractivity contribution < 1.29 is 4.42 Å². The van der Waals surface area contributed by atoms with Crippen molar-refractivity contribution in [3.8, 4) is 0 Å². The summed E-state index contributed by atoms with van der Waals surface area (Å²) >= 11 is 5.22. The van der Waals surface area contributed by atoms with Crippen LogP contribution in [0, 0.1) is 0 Å². The third-order valence-electron chi connectivity index (χ3n) is 2.20. The first kappa shape index (κ1) is 10.9. The monoisotopic (exact) mass is 285 g/mol. The van der Waals surface area contributed by atoms with Gasteiger partial charge in [0, 0.05) is 11.4 Å². The van der Waals surface area contributed by atoms with Crippen LogP contribution in [0.1, 0.15) is 23.6 Å². The van der Waals surface area contributed by atoms with Crippen molar-refractivity contribution in [2.24, 2.45) is 0 Å². The highest BCUT2D eigenvalue weighted by molar-refractivity contribution is 9.10. The Morgan fingerprint density at radius 3 is 3.00 bits per heavy atom. The van der Waals surface area contributed by atoms with Gasteiger partial charge in [-0.25, -0.2) is 0 Å². The molecule has 0 bridgehead atoms. The van der Waals surface area contributed by atoms with Crippen molar-refractivity contribution in [3.63, 3.8) is 0 Å². The van der Waals surface area contributed by atoms with Crippen molar-refractivity contribution in [1.29, 1.82) is 0 Å². The van der Waals surface area contributed by atoms with E-state index in [0.717, 1.165) is 16.8 Å². The zero-order valence-electron chi connectivity index (χ0n) is 8.37. The minimum atomic E-state index is 0.219. The average Bonchev–Trinajstić information content (AvgIpc) is 2.84. The van der Waals surface area contributed by atoms with Crippen molar-refractivity contribution >= 4 is 27.3 Å². The molecule has 2 aromatic heterocycles. The molecule has 1 N–H and O–H groups in total. The van der Waals surface area contributed by atoms with Gasteiger partial charge in [-0.3, -0.25) is 0 Å². The summed E-state index contributed by atoms with van der Waals surface area (Å²) in [5.41, 5.74) is 0. The second-order valence-electron chi connectivity index (χ2n) is 3.31. The first-order valence-electron chi connectivity index (χ1n) is 4.76. The maximum Gasteiger partial charge on any atom is 0.134 e. The molecule has 2 rings (SSSR count). The third-order valence-corrected chi connectivity index (χ3v) is 3.73. The molecule has 1 unspecified atom stereocenters. The Kier molecular flexibility index (Phi) is 3.61. The Bertz CT molecular complexity index is 410. The van der Waals surface area contributed by atoms with Gasteiger partial charge in [0.2, 0.25) is 0 Å². The summed E-state index contributed by atoms with van der Waals surface area (Å²) < 4.78 is 6.41. The summed E-state index contributed by atoms with van der Waals surface area (Å²) in [6.07, 6.45) is 1.70. The summed E-state index contributed by atoms with van der Waals surface area (Å²) in [5, 5.41) is 5.50. The van der Waals surface area contributed by atoms with Gasteiger partial charge in [-0.1, -0.05) is 6.07 Å². The molecule has 0 aliphatic heterocycles. The summed E-state index contributed by atoms with van der Waals surface area (Å²) in [7, 11) is 0. The Balaban J connectivity index is 1.93. The molecule has 2 aromatic rings. The third kappa shape index (κ3) is 2.71. The van der Waals surface area contributed by atoms with Gasteiger partial charge < -0.3 is 9.73 Å². The Morgan fingerprint density at radius 1 is 1.53 bits per heavy atom. The van der Waals surface area contributed by atoms with Crippen molar-refractivity contribution in [2.75, 3.05) is 0 Å².